The van der Waals surface area contributed by atoms with Gasteiger partial charge in [-0.05, 0) is 36.8 Å². The lowest BCUT2D eigenvalue weighted by Gasteiger charge is -2.04. The van der Waals surface area contributed by atoms with Gasteiger partial charge in [0.1, 0.15) is 4.99 Å². The molecule has 20 heavy (non-hydrogen) atoms. The number of nitrogens with two attached hydrogens (primary N) is 1. The number of carbonyl (C=O) groups excluding carboxylic acids is 1. The summed E-state index contributed by atoms with van der Waals surface area (Å²) in [7, 11) is 0. The van der Waals surface area contributed by atoms with Crippen LogP contribution in [0.5, 0.6) is 0 Å². The molecule has 2 rings (SSSR count). The highest BCUT2D eigenvalue weighted by atomic mass is 32.1. The number of aryl methyl sites for hydroxylation is 1. The highest BCUT2D eigenvalue weighted by molar-refractivity contribution is 7.80. The summed E-state index contributed by atoms with van der Waals surface area (Å²) in [6.07, 6.45) is 3.76. The minimum absolute atomic E-state index is 0.0815. The number of nitrogens with one attached hydrogen (secondary N) is 1. The lowest BCUT2D eigenvalue weighted by molar-refractivity contribution is -0.684. The third-order valence-corrected chi connectivity index (χ3v) is 3.07. The second-order valence-electron chi connectivity index (χ2n) is 4.54. The quantitative estimate of drug-likeness (QED) is 0.662. The number of anilines is 1. The largest absolute Gasteiger partial charge is 0.389 e. The molecule has 0 fully saturated rings. The van der Waals surface area contributed by atoms with Gasteiger partial charge in [0, 0.05) is 23.4 Å². The van der Waals surface area contributed by atoms with E-state index in [1.54, 1.807) is 24.3 Å². The zero-order chi connectivity index (χ0) is 14.5. The molecule has 4 nitrogen and oxygen atoms in total. The number of thiocarbonyl (C=S) groups is 1. The van der Waals surface area contributed by atoms with Crippen molar-refractivity contribution >= 4 is 28.8 Å². The maximum atomic E-state index is 11.9. The van der Waals surface area contributed by atoms with Gasteiger partial charge in [-0.3, -0.25) is 4.79 Å². The number of aromatic nitrogens is 1. The monoisotopic (exact) mass is 286 g/mol. The van der Waals surface area contributed by atoms with Crippen LogP contribution in [0.25, 0.3) is 0 Å². The maximum Gasteiger partial charge on any atom is 0.290 e. The van der Waals surface area contributed by atoms with Crippen molar-refractivity contribution < 1.29 is 9.36 Å². The smallest absolute Gasteiger partial charge is 0.290 e. The summed E-state index contributed by atoms with van der Waals surface area (Å²) < 4.78 is 1.83. The summed E-state index contributed by atoms with van der Waals surface area (Å²) in [5.41, 5.74) is 8.19. The van der Waals surface area contributed by atoms with Crippen LogP contribution in [0.15, 0.2) is 48.8 Å². The van der Waals surface area contributed by atoms with Gasteiger partial charge in [-0.15, -0.1) is 0 Å². The molecule has 0 aliphatic carbocycles. The Kier molecular flexibility index (Phi) is 4.42. The van der Waals surface area contributed by atoms with Gasteiger partial charge >= 0.3 is 0 Å². The van der Waals surface area contributed by atoms with Crippen molar-refractivity contribution in [2.24, 2.45) is 5.73 Å². The standard InChI is InChI=1S/C15H15N3OS/c1-11-6-8-18(9-7-11)10-14(19)17-13-4-2-12(3-5-13)15(16)20/h2-9H,10H2,1H3,(H2-,16,17,19,20)/p+1. The number of rotatable bonds is 4. The van der Waals surface area contributed by atoms with Crippen molar-refractivity contribution in [3.05, 3.63) is 59.9 Å². The summed E-state index contributed by atoms with van der Waals surface area (Å²) in [5, 5.41) is 2.83. The Morgan fingerprint density at radius 1 is 1.20 bits per heavy atom. The Bertz CT molecular complexity index is 621. The van der Waals surface area contributed by atoms with Crippen LogP contribution in [0, 0.1) is 6.92 Å². The Morgan fingerprint density at radius 2 is 1.80 bits per heavy atom. The summed E-state index contributed by atoms with van der Waals surface area (Å²) in [6, 6.07) is 11.1. The van der Waals surface area contributed by atoms with E-state index in [4.69, 9.17) is 18.0 Å². The maximum absolute atomic E-state index is 11.9. The number of hydrogen-bond donors (Lipinski definition) is 2. The van der Waals surface area contributed by atoms with Gasteiger partial charge in [-0.25, -0.2) is 0 Å². The predicted octanol–water partition coefficient (Wildman–Crippen LogP) is 1.56. The lowest BCUT2D eigenvalue weighted by atomic mass is 10.2. The second-order valence-corrected chi connectivity index (χ2v) is 4.98. The molecule has 0 atom stereocenters. The molecular formula is C15H16N3OS+. The van der Waals surface area contributed by atoms with Crippen LogP contribution in [0.2, 0.25) is 0 Å². The van der Waals surface area contributed by atoms with Gasteiger partial charge in [0.05, 0.1) is 0 Å². The van der Waals surface area contributed by atoms with Crippen LogP contribution < -0.4 is 15.6 Å². The van der Waals surface area contributed by atoms with Crippen LogP contribution in [-0.2, 0) is 11.3 Å². The Labute approximate surface area is 123 Å². The van der Waals surface area contributed by atoms with Gasteiger partial charge in [0.15, 0.2) is 12.4 Å². The van der Waals surface area contributed by atoms with Crippen molar-refractivity contribution in [2.75, 3.05) is 5.32 Å². The summed E-state index contributed by atoms with van der Waals surface area (Å²) in [4.78, 5) is 12.2. The molecule has 1 aromatic heterocycles. The second kappa shape index (κ2) is 6.25. The molecule has 0 saturated heterocycles. The van der Waals surface area contributed by atoms with E-state index < -0.39 is 0 Å². The molecule has 3 N–H and O–H groups in total. The predicted molar refractivity (Wildman–Crippen MR) is 82.3 cm³/mol. The van der Waals surface area contributed by atoms with Gasteiger partial charge < -0.3 is 11.1 Å². The molecule has 0 bridgehead atoms. The fourth-order valence-electron chi connectivity index (χ4n) is 1.72. The van der Waals surface area contributed by atoms with Crippen LogP contribution in [-0.4, -0.2) is 10.9 Å². The van der Waals surface area contributed by atoms with Crippen LogP contribution in [0.4, 0.5) is 5.69 Å². The van der Waals surface area contributed by atoms with E-state index in [1.807, 2.05) is 36.0 Å². The molecule has 1 aromatic carbocycles. The molecule has 0 radical (unpaired) electrons. The molecule has 0 saturated carbocycles. The first-order chi connectivity index (χ1) is 9.54. The number of nitrogens with zero attached hydrogens (tertiary/aromatic N) is 1. The van der Waals surface area contributed by atoms with E-state index in [0.717, 1.165) is 16.8 Å². The fraction of sp³-hybridized carbons (Fsp3) is 0.133. The first kappa shape index (κ1) is 14.1. The molecule has 0 aliphatic heterocycles. The van der Waals surface area contributed by atoms with Gasteiger partial charge in [-0.1, -0.05) is 12.2 Å². The topological polar surface area (TPSA) is 59.0 Å². The molecule has 5 heteroatoms. The summed E-state index contributed by atoms with van der Waals surface area (Å²) >= 11 is 4.88. The summed E-state index contributed by atoms with van der Waals surface area (Å²) in [6.45, 7) is 2.28. The average molecular weight is 286 g/mol. The number of hydrogen-bond acceptors (Lipinski definition) is 2. The van der Waals surface area contributed by atoms with Crippen LogP contribution in [0.1, 0.15) is 11.1 Å². The van der Waals surface area contributed by atoms with E-state index in [1.165, 1.54) is 0 Å². The molecule has 2 aromatic rings. The molecule has 1 heterocycles. The van der Waals surface area contributed by atoms with Gasteiger partial charge in [0.2, 0.25) is 6.54 Å². The Balaban J connectivity index is 1.97. The van der Waals surface area contributed by atoms with E-state index in [0.29, 0.717) is 4.99 Å². The van der Waals surface area contributed by atoms with Crippen molar-refractivity contribution in [2.45, 2.75) is 13.5 Å². The van der Waals surface area contributed by atoms with Gasteiger partial charge in [0.25, 0.3) is 5.91 Å². The zero-order valence-corrected chi connectivity index (χ0v) is 12.0. The molecule has 0 aliphatic rings. The van der Waals surface area contributed by atoms with Crippen molar-refractivity contribution in [3.8, 4) is 0 Å². The zero-order valence-electron chi connectivity index (χ0n) is 11.2. The van der Waals surface area contributed by atoms with Crippen LogP contribution >= 0.6 is 12.2 Å². The number of benzene rings is 1. The van der Waals surface area contributed by atoms with E-state index in [9.17, 15) is 4.79 Å². The van der Waals surface area contributed by atoms with E-state index >= 15 is 0 Å². The minimum atomic E-state index is -0.0815. The molecule has 102 valence electrons. The van der Waals surface area contributed by atoms with E-state index in [2.05, 4.69) is 5.32 Å². The van der Waals surface area contributed by atoms with E-state index in [-0.39, 0.29) is 12.5 Å². The van der Waals surface area contributed by atoms with Crippen molar-refractivity contribution in [3.63, 3.8) is 0 Å². The molecule has 0 spiro atoms. The number of carbonyl (C=O) groups is 1. The molecular weight excluding hydrogens is 270 g/mol. The normalized spacial score (nSPS) is 10.1. The first-order valence-corrected chi connectivity index (χ1v) is 6.61. The fourth-order valence-corrected chi connectivity index (χ4v) is 1.86. The highest BCUT2D eigenvalue weighted by Gasteiger charge is 2.09. The SMILES string of the molecule is Cc1cc[n+](CC(=O)Nc2ccc(C(N)=S)cc2)cc1. The average Bonchev–Trinajstić information content (AvgIpc) is 2.42. The first-order valence-electron chi connectivity index (χ1n) is 6.20. The third-order valence-electron chi connectivity index (χ3n) is 2.84. The molecule has 1 amide bonds. The van der Waals surface area contributed by atoms with Crippen LogP contribution in [0.3, 0.4) is 0 Å². The van der Waals surface area contributed by atoms with Crippen molar-refractivity contribution in [1.82, 2.24) is 0 Å². The molecule has 0 unspecified atom stereocenters. The van der Waals surface area contributed by atoms with Gasteiger partial charge in [-0.2, -0.15) is 4.57 Å². The Hall–Kier alpha value is -2.27. The lowest BCUT2D eigenvalue weighted by Crippen LogP contribution is -2.39. The minimum Gasteiger partial charge on any atom is -0.389 e. The number of amides is 1. The number of pyridine rings is 1. The highest BCUT2D eigenvalue weighted by Crippen LogP contribution is 2.09. The Morgan fingerprint density at radius 3 is 2.35 bits per heavy atom. The summed E-state index contributed by atoms with van der Waals surface area (Å²) in [5.74, 6) is -0.0815. The van der Waals surface area contributed by atoms with Crippen molar-refractivity contribution in [1.29, 1.82) is 0 Å². The third kappa shape index (κ3) is 3.86.